The summed E-state index contributed by atoms with van der Waals surface area (Å²) in [5.74, 6) is -0.779. The van der Waals surface area contributed by atoms with Gasteiger partial charge in [0.2, 0.25) is 0 Å². The van der Waals surface area contributed by atoms with E-state index in [1.54, 1.807) is 0 Å². The highest BCUT2D eigenvalue weighted by molar-refractivity contribution is 5.67. The molecule has 1 saturated heterocycles. The van der Waals surface area contributed by atoms with Crippen LogP contribution in [0.4, 0.5) is 0 Å². The summed E-state index contributed by atoms with van der Waals surface area (Å²) < 4.78 is 5.40. The Kier molecular flexibility index (Phi) is 5.16. The van der Waals surface area contributed by atoms with E-state index in [0.29, 0.717) is 19.6 Å². The topological polar surface area (TPSA) is 70.3 Å². The van der Waals surface area contributed by atoms with Gasteiger partial charge < -0.3 is 9.84 Å². The Morgan fingerprint density at radius 3 is 2.12 bits per heavy atom. The van der Waals surface area contributed by atoms with Crippen LogP contribution in [0.5, 0.6) is 0 Å². The van der Waals surface area contributed by atoms with Crippen molar-refractivity contribution >= 4 is 5.97 Å². The molecule has 0 aromatic heterocycles. The van der Waals surface area contributed by atoms with E-state index in [1.165, 1.54) is 0 Å². The molecule has 0 saturated carbocycles. The van der Waals surface area contributed by atoms with Gasteiger partial charge in [-0.25, -0.2) is 0 Å². The minimum atomic E-state index is -0.779. The van der Waals surface area contributed by atoms with Crippen molar-refractivity contribution in [3.63, 3.8) is 0 Å². The summed E-state index contributed by atoms with van der Waals surface area (Å²) in [6.45, 7) is 1.26. The molecule has 2 aromatic carbocycles. The average Bonchev–Trinajstić information content (AvgIpc) is 2.67. The lowest BCUT2D eigenvalue weighted by atomic mass is 9.75. The van der Waals surface area contributed by atoms with Gasteiger partial charge in [0, 0.05) is 19.6 Å². The van der Waals surface area contributed by atoms with Crippen molar-refractivity contribution in [3.8, 4) is 17.2 Å². The molecule has 128 valence electrons. The molecule has 0 spiro atoms. The molecule has 1 fully saturated rings. The fraction of sp³-hybridized carbons (Fsp3) is 0.333. The number of aliphatic carboxylic acids is 1. The molecular weight excluding hydrogens is 314 g/mol. The van der Waals surface area contributed by atoms with Crippen molar-refractivity contribution < 1.29 is 14.6 Å². The van der Waals surface area contributed by atoms with Crippen LogP contribution in [0.1, 0.15) is 30.4 Å². The van der Waals surface area contributed by atoms with Crippen LogP contribution in [0.2, 0.25) is 0 Å². The standard InChI is InChI=1S/C21H21NO3/c22-15-21(11-13-25-14-12-21)19-8-6-18(7-9-19)17-4-1-16(2-5-17)3-10-20(23)24/h1-2,4-9H,3,10-14H2,(H,23,24). The zero-order chi connectivity index (χ0) is 17.7. The van der Waals surface area contributed by atoms with Gasteiger partial charge in [-0.1, -0.05) is 48.5 Å². The molecule has 1 aliphatic heterocycles. The minimum absolute atomic E-state index is 0.147. The lowest BCUT2D eigenvalue weighted by Crippen LogP contribution is -2.32. The van der Waals surface area contributed by atoms with E-state index >= 15 is 0 Å². The van der Waals surface area contributed by atoms with Crippen LogP contribution in [0, 0.1) is 11.3 Å². The van der Waals surface area contributed by atoms with Gasteiger partial charge in [0.05, 0.1) is 11.5 Å². The number of rotatable bonds is 5. The van der Waals surface area contributed by atoms with E-state index in [9.17, 15) is 10.1 Å². The third-order valence-electron chi connectivity index (χ3n) is 4.91. The summed E-state index contributed by atoms with van der Waals surface area (Å²) in [5, 5.41) is 18.4. The van der Waals surface area contributed by atoms with E-state index in [4.69, 9.17) is 9.84 Å². The summed E-state index contributed by atoms with van der Waals surface area (Å²) in [6, 6.07) is 18.7. The second kappa shape index (κ2) is 7.50. The van der Waals surface area contributed by atoms with E-state index in [1.807, 2.05) is 36.4 Å². The zero-order valence-corrected chi connectivity index (χ0v) is 14.1. The Labute approximate surface area is 147 Å². The first-order valence-electron chi connectivity index (χ1n) is 8.54. The molecule has 4 heteroatoms. The van der Waals surface area contributed by atoms with Gasteiger partial charge in [-0.2, -0.15) is 5.26 Å². The molecule has 0 radical (unpaired) electrons. The number of nitriles is 1. The highest BCUT2D eigenvalue weighted by atomic mass is 16.5. The van der Waals surface area contributed by atoms with Crippen LogP contribution in [-0.2, 0) is 21.4 Å². The Balaban J connectivity index is 1.76. The van der Waals surface area contributed by atoms with Crippen LogP contribution in [0.25, 0.3) is 11.1 Å². The fourth-order valence-electron chi connectivity index (χ4n) is 3.28. The first-order chi connectivity index (χ1) is 12.1. The van der Waals surface area contributed by atoms with Crippen molar-refractivity contribution in [1.82, 2.24) is 0 Å². The van der Waals surface area contributed by atoms with Crippen molar-refractivity contribution in [1.29, 1.82) is 5.26 Å². The Morgan fingerprint density at radius 1 is 1.04 bits per heavy atom. The predicted octanol–water partition coefficient (Wildman–Crippen LogP) is 3.94. The van der Waals surface area contributed by atoms with Gasteiger partial charge in [-0.05, 0) is 41.5 Å². The summed E-state index contributed by atoms with van der Waals surface area (Å²) in [6.07, 6.45) is 2.16. The SMILES string of the molecule is N#CC1(c2ccc(-c3ccc(CCC(=O)O)cc3)cc2)CCOCC1. The van der Waals surface area contributed by atoms with E-state index in [-0.39, 0.29) is 6.42 Å². The first-order valence-corrected chi connectivity index (χ1v) is 8.54. The minimum Gasteiger partial charge on any atom is -0.481 e. The monoisotopic (exact) mass is 335 g/mol. The van der Waals surface area contributed by atoms with Crippen molar-refractivity contribution in [3.05, 3.63) is 59.7 Å². The number of carboxylic acids is 1. The molecule has 0 unspecified atom stereocenters. The van der Waals surface area contributed by atoms with Crippen LogP contribution in [0.3, 0.4) is 0 Å². The molecule has 2 aromatic rings. The van der Waals surface area contributed by atoms with Crippen molar-refractivity contribution in [2.75, 3.05) is 13.2 Å². The van der Waals surface area contributed by atoms with Gasteiger partial charge >= 0.3 is 5.97 Å². The van der Waals surface area contributed by atoms with Gasteiger partial charge in [0.25, 0.3) is 0 Å². The fourth-order valence-corrected chi connectivity index (χ4v) is 3.28. The number of benzene rings is 2. The Bertz CT molecular complexity index is 766. The highest BCUT2D eigenvalue weighted by Gasteiger charge is 2.34. The van der Waals surface area contributed by atoms with Crippen LogP contribution < -0.4 is 0 Å². The third-order valence-corrected chi connectivity index (χ3v) is 4.91. The van der Waals surface area contributed by atoms with Gasteiger partial charge in [-0.15, -0.1) is 0 Å². The van der Waals surface area contributed by atoms with Gasteiger partial charge in [-0.3, -0.25) is 4.79 Å². The molecule has 0 bridgehead atoms. The predicted molar refractivity (Wildman–Crippen MR) is 95.2 cm³/mol. The Morgan fingerprint density at radius 2 is 1.60 bits per heavy atom. The normalized spacial score (nSPS) is 16.1. The van der Waals surface area contributed by atoms with E-state index in [0.717, 1.165) is 35.1 Å². The lowest BCUT2D eigenvalue weighted by molar-refractivity contribution is -0.136. The summed E-state index contributed by atoms with van der Waals surface area (Å²) in [4.78, 5) is 10.6. The van der Waals surface area contributed by atoms with Gasteiger partial charge in [0.15, 0.2) is 0 Å². The number of hydrogen-bond donors (Lipinski definition) is 1. The number of carbonyl (C=O) groups is 1. The van der Waals surface area contributed by atoms with Crippen molar-refractivity contribution in [2.24, 2.45) is 0 Å². The Hall–Kier alpha value is -2.64. The molecule has 4 nitrogen and oxygen atoms in total. The molecule has 1 N–H and O–H groups in total. The van der Waals surface area contributed by atoms with Gasteiger partial charge in [0.1, 0.15) is 0 Å². The van der Waals surface area contributed by atoms with E-state index < -0.39 is 11.4 Å². The molecule has 0 aliphatic carbocycles. The van der Waals surface area contributed by atoms with Crippen LogP contribution in [0.15, 0.2) is 48.5 Å². The highest BCUT2D eigenvalue weighted by Crippen LogP contribution is 2.35. The molecule has 25 heavy (non-hydrogen) atoms. The maximum absolute atomic E-state index is 10.6. The maximum Gasteiger partial charge on any atom is 0.303 e. The summed E-state index contributed by atoms with van der Waals surface area (Å²) >= 11 is 0. The smallest absolute Gasteiger partial charge is 0.303 e. The average molecular weight is 335 g/mol. The second-order valence-corrected chi connectivity index (χ2v) is 6.47. The van der Waals surface area contributed by atoms with E-state index in [2.05, 4.69) is 18.2 Å². The molecule has 1 heterocycles. The molecular formula is C21H21NO3. The van der Waals surface area contributed by atoms with Crippen LogP contribution >= 0.6 is 0 Å². The second-order valence-electron chi connectivity index (χ2n) is 6.47. The van der Waals surface area contributed by atoms with Crippen LogP contribution in [-0.4, -0.2) is 24.3 Å². The number of aryl methyl sites for hydroxylation is 1. The number of carboxylic acid groups (broad SMARTS) is 1. The van der Waals surface area contributed by atoms with Crippen molar-refractivity contribution in [2.45, 2.75) is 31.1 Å². The first kappa shape index (κ1) is 17.2. The summed E-state index contributed by atoms with van der Waals surface area (Å²) in [5.41, 5.74) is 3.82. The molecule has 0 atom stereocenters. The quantitative estimate of drug-likeness (QED) is 0.898. The molecule has 1 aliphatic rings. The molecule has 0 amide bonds. The maximum atomic E-state index is 10.6. The lowest BCUT2D eigenvalue weighted by Gasteiger charge is -2.31. The largest absolute Gasteiger partial charge is 0.481 e. The number of hydrogen-bond acceptors (Lipinski definition) is 3. The zero-order valence-electron chi connectivity index (χ0n) is 14.1. The third kappa shape index (κ3) is 3.89. The number of ether oxygens (including phenoxy) is 1. The number of nitrogens with zero attached hydrogens (tertiary/aromatic N) is 1. The molecule has 3 rings (SSSR count). The summed E-state index contributed by atoms with van der Waals surface area (Å²) in [7, 11) is 0.